The fourth-order valence-corrected chi connectivity index (χ4v) is 2.89. The number of hydrogen-bond acceptors (Lipinski definition) is 2. The van der Waals surface area contributed by atoms with Crippen LogP contribution in [0.1, 0.15) is 18.2 Å². The predicted octanol–water partition coefficient (Wildman–Crippen LogP) is 6.43. The highest BCUT2D eigenvalue weighted by atomic mass is 19.4. The summed E-state index contributed by atoms with van der Waals surface area (Å²) >= 11 is 0. The van der Waals surface area contributed by atoms with Crippen LogP contribution in [0.3, 0.4) is 0 Å². The molecule has 0 N–H and O–H groups in total. The molecule has 27 heavy (non-hydrogen) atoms. The second kappa shape index (κ2) is 6.75. The number of halogens is 6. The molecule has 0 radical (unpaired) electrons. The molecule has 0 aliphatic carbocycles. The molecule has 0 spiro atoms. The van der Waals surface area contributed by atoms with Crippen molar-refractivity contribution in [2.45, 2.75) is 19.3 Å². The maximum atomic E-state index is 13.3. The Balaban J connectivity index is 2.22. The zero-order valence-electron chi connectivity index (χ0n) is 14.1. The molecule has 1 heterocycles. The molecule has 142 valence electrons. The minimum Gasteiger partial charge on any atom is -0.342 e. The average molecular weight is 384 g/mol. The molecule has 0 amide bonds. The molecule has 0 unspecified atom stereocenters. The number of pyridine rings is 1. The summed E-state index contributed by atoms with van der Waals surface area (Å²) in [6, 6.07) is 12.9. The van der Waals surface area contributed by atoms with E-state index < -0.39 is 23.6 Å². The van der Waals surface area contributed by atoms with Gasteiger partial charge in [-0.05, 0) is 37.3 Å². The van der Waals surface area contributed by atoms with E-state index in [4.69, 9.17) is 0 Å². The van der Waals surface area contributed by atoms with E-state index in [9.17, 15) is 26.3 Å². The van der Waals surface area contributed by atoms with E-state index >= 15 is 0 Å². The average Bonchev–Trinajstić information content (AvgIpc) is 2.60. The highest BCUT2D eigenvalue weighted by Gasteiger charge is 2.39. The monoisotopic (exact) mass is 384 g/mol. The molecule has 0 saturated carbocycles. The molecule has 3 aromatic rings. The van der Waals surface area contributed by atoms with Crippen LogP contribution >= 0.6 is 0 Å². The van der Waals surface area contributed by atoms with Crippen molar-refractivity contribution in [3.63, 3.8) is 0 Å². The third-order valence-electron chi connectivity index (χ3n) is 4.09. The number of nitrogens with zero attached hydrogens (tertiary/aromatic N) is 2. The minimum atomic E-state index is -4.98. The highest BCUT2D eigenvalue weighted by Crippen LogP contribution is 2.39. The van der Waals surface area contributed by atoms with E-state index in [2.05, 4.69) is 4.98 Å². The molecule has 0 saturated heterocycles. The quantitative estimate of drug-likeness (QED) is 0.484. The van der Waals surface area contributed by atoms with Gasteiger partial charge in [-0.1, -0.05) is 24.3 Å². The van der Waals surface area contributed by atoms with Crippen molar-refractivity contribution in [3.8, 4) is 0 Å². The molecule has 3 rings (SSSR count). The Morgan fingerprint density at radius 1 is 0.815 bits per heavy atom. The summed E-state index contributed by atoms with van der Waals surface area (Å²) in [4.78, 5) is 5.21. The van der Waals surface area contributed by atoms with Crippen LogP contribution in [0.2, 0.25) is 0 Å². The maximum Gasteiger partial charge on any atom is 0.433 e. The van der Waals surface area contributed by atoms with Crippen LogP contribution in [0, 0.1) is 0 Å². The van der Waals surface area contributed by atoms with Crippen molar-refractivity contribution in [2.75, 3.05) is 11.4 Å². The Hall–Kier alpha value is -2.77. The SMILES string of the molecule is CCN(c1ccccc1)c1ccc2c(C(F)(F)F)cc(C(F)(F)F)nc2c1. The van der Waals surface area contributed by atoms with E-state index in [-0.39, 0.29) is 17.0 Å². The van der Waals surface area contributed by atoms with Crippen LogP contribution in [-0.4, -0.2) is 11.5 Å². The highest BCUT2D eigenvalue weighted by molar-refractivity contribution is 5.87. The zero-order valence-corrected chi connectivity index (χ0v) is 14.1. The molecule has 0 atom stereocenters. The summed E-state index contributed by atoms with van der Waals surface area (Å²) in [5.74, 6) is 0. The Morgan fingerprint density at radius 2 is 1.48 bits per heavy atom. The molecule has 0 bridgehead atoms. The van der Waals surface area contributed by atoms with Gasteiger partial charge in [-0.3, -0.25) is 0 Å². The van der Waals surface area contributed by atoms with Gasteiger partial charge in [0.15, 0.2) is 0 Å². The van der Waals surface area contributed by atoms with Crippen LogP contribution in [0.5, 0.6) is 0 Å². The van der Waals surface area contributed by atoms with Gasteiger partial charge in [-0.15, -0.1) is 0 Å². The second-order valence-electron chi connectivity index (χ2n) is 5.83. The summed E-state index contributed by atoms with van der Waals surface area (Å²) < 4.78 is 78.9. The fourth-order valence-electron chi connectivity index (χ4n) is 2.89. The van der Waals surface area contributed by atoms with Crippen molar-refractivity contribution in [3.05, 3.63) is 65.9 Å². The van der Waals surface area contributed by atoms with Crippen LogP contribution in [0.15, 0.2) is 54.6 Å². The van der Waals surface area contributed by atoms with Gasteiger partial charge in [0, 0.05) is 23.3 Å². The van der Waals surface area contributed by atoms with Crippen LogP contribution in [-0.2, 0) is 12.4 Å². The van der Waals surface area contributed by atoms with Gasteiger partial charge in [0.2, 0.25) is 0 Å². The van der Waals surface area contributed by atoms with Gasteiger partial charge in [-0.2, -0.15) is 26.3 Å². The lowest BCUT2D eigenvalue weighted by molar-refractivity contribution is -0.144. The first-order valence-electron chi connectivity index (χ1n) is 8.03. The summed E-state index contributed by atoms with van der Waals surface area (Å²) in [6.45, 7) is 2.30. The van der Waals surface area contributed by atoms with Crippen LogP contribution in [0.25, 0.3) is 10.9 Å². The van der Waals surface area contributed by atoms with Crippen molar-refractivity contribution >= 4 is 22.3 Å². The number of para-hydroxylation sites is 1. The van der Waals surface area contributed by atoms with E-state index in [1.54, 1.807) is 29.2 Å². The lowest BCUT2D eigenvalue weighted by Gasteiger charge is -2.24. The summed E-state index contributed by atoms with van der Waals surface area (Å²) in [5, 5.41) is -0.372. The topological polar surface area (TPSA) is 16.1 Å². The second-order valence-corrected chi connectivity index (χ2v) is 5.83. The van der Waals surface area contributed by atoms with Gasteiger partial charge < -0.3 is 4.90 Å². The van der Waals surface area contributed by atoms with Crippen molar-refractivity contribution < 1.29 is 26.3 Å². The first kappa shape index (κ1) is 19.0. The van der Waals surface area contributed by atoms with Crippen LogP contribution in [0.4, 0.5) is 37.7 Å². The van der Waals surface area contributed by atoms with Gasteiger partial charge in [0.05, 0.1) is 11.1 Å². The summed E-state index contributed by atoms with van der Waals surface area (Å²) in [6.07, 6.45) is -9.90. The summed E-state index contributed by atoms with van der Waals surface area (Å²) in [7, 11) is 0. The molecule has 0 fully saturated rings. The molecule has 2 nitrogen and oxygen atoms in total. The molecule has 0 aliphatic heterocycles. The number of rotatable bonds is 3. The maximum absolute atomic E-state index is 13.3. The number of aromatic nitrogens is 1. The van der Waals surface area contributed by atoms with Gasteiger partial charge >= 0.3 is 12.4 Å². The van der Waals surface area contributed by atoms with E-state index in [0.29, 0.717) is 12.2 Å². The Kier molecular flexibility index (Phi) is 4.75. The molecule has 1 aromatic heterocycles. The number of fused-ring (bicyclic) bond motifs is 1. The van der Waals surface area contributed by atoms with E-state index in [1.165, 1.54) is 12.1 Å². The fraction of sp³-hybridized carbons (Fsp3) is 0.211. The smallest absolute Gasteiger partial charge is 0.342 e. The van der Waals surface area contributed by atoms with Crippen molar-refractivity contribution in [2.24, 2.45) is 0 Å². The third-order valence-corrected chi connectivity index (χ3v) is 4.09. The first-order valence-corrected chi connectivity index (χ1v) is 8.03. The number of hydrogen-bond donors (Lipinski definition) is 0. The van der Waals surface area contributed by atoms with Crippen molar-refractivity contribution in [1.29, 1.82) is 0 Å². The standard InChI is InChI=1S/C19H14F6N2/c1-2-27(12-6-4-3-5-7-12)13-8-9-14-15(18(20,21)22)11-17(19(23,24)25)26-16(14)10-13/h3-11H,2H2,1H3. The van der Waals surface area contributed by atoms with Gasteiger partial charge in [0.25, 0.3) is 0 Å². The molecule has 0 aliphatic rings. The molecular formula is C19H14F6N2. The Labute approximate surface area is 151 Å². The molecule has 2 aromatic carbocycles. The Bertz CT molecular complexity index is 948. The van der Waals surface area contributed by atoms with Crippen molar-refractivity contribution in [1.82, 2.24) is 4.98 Å². The largest absolute Gasteiger partial charge is 0.433 e. The molecular weight excluding hydrogens is 370 g/mol. The molecule has 8 heteroatoms. The minimum absolute atomic E-state index is 0.0524. The van der Waals surface area contributed by atoms with E-state index in [0.717, 1.165) is 11.8 Å². The predicted molar refractivity (Wildman–Crippen MR) is 90.9 cm³/mol. The summed E-state index contributed by atoms with van der Waals surface area (Å²) in [5.41, 5.74) is -2.06. The number of anilines is 2. The zero-order chi connectivity index (χ0) is 19.8. The number of benzene rings is 2. The van der Waals surface area contributed by atoms with E-state index in [1.807, 2.05) is 13.0 Å². The third kappa shape index (κ3) is 3.84. The first-order chi connectivity index (χ1) is 12.6. The lowest BCUT2D eigenvalue weighted by atomic mass is 10.1. The van der Waals surface area contributed by atoms with Crippen LogP contribution < -0.4 is 4.90 Å². The number of alkyl halides is 6. The normalized spacial score (nSPS) is 12.4. The Morgan fingerprint density at radius 3 is 2.04 bits per heavy atom. The van der Waals surface area contributed by atoms with Gasteiger partial charge in [0.1, 0.15) is 5.69 Å². The van der Waals surface area contributed by atoms with Gasteiger partial charge in [-0.25, -0.2) is 4.98 Å². The lowest BCUT2D eigenvalue weighted by Crippen LogP contribution is -2.17.